The standard InChI is InChI=1S/C53H105NO5/c1-5-9-13-17-21-23-26-29-32-38-50(37-31-28-24-19-15-11-7-3)43-48-58-52(56)41-35-44-54(46-47-55)45-36-42-53(57)59-49-51(39-33-27-20-16-12-8-4)40-34-30-25-22-18-14-10-6-2/h50-51,55H,5-49H2,1-4H3. The van der Waals surface area contributed by atoms with Crippen LogP contribution >= 0.6 is 0 Å². The van der Waals surface area contributed by atoms with Gasteiger partial charge in [0, 0.05) is 19.4 Å². The molecule has 352 valence electrons. The Kier molecular flexibility index (Phi) is 47.0. The van der Waals surface area contributed by atoms with E-state index in [9.17, 15) is 14.7 Å². The molecule has 0 aliphatic carbocycles. The predicted molar refractivity (Wildman–Crippen MR) is 255 cm³/mol. The van der Waals surface area contributed by atoms with Crippen molar-refractivity contribution in [1.82, 2.24) is 4.90 Å². The van der Waals surface area contributed by atoms with Gasteiger partial charge in [0.15, 0.2) is 0 Å². The Labute approximate surface area is 369 Å². The number of aliphatic hydroxyl groups is 1. The number of aliphatic hydroxyl groups excluding tert-OH is 1. The molecule has 2 unspecified atom stereocenters. The molecule has 0 aliphatic heterocycles. The molecular weight excluding hydrogens is 731 g/mol. The number of hydrogen-bond acceptors (Lipinski definition) is 6. The monoisotopic (exact) mass is 836 g/mol. The van der Waals surface area contributed by atoms with Gasteiger partial charge in [0.2, 0.25) is 0 Å². The molecule has 6 heteroatoms. The topological polar surface area (TPSA) is 76.1 Å². The maximum absolute atomic E-state index is 12.8. The van der Waals surface area contributed by atoms with Crippen LogP contribution in [0.4, 0.5) is 0 Å². The number of ether oxygens (including phenoxy) is 2. The summed E-state index contributed by atoms with van der Waals surface area (Å²) in [5.41, 5.74) is 0. The van der Waals surface area contributed by atoms with Gasteiger partial charge in [0.25, 0.3) is 0 Å². The van der Waals surface area contributed by atoms with Crippen molar-refractivity contribution >= 4 is 11.9 Å². The number of nitrogens with zero attached hydrogens (tertiary/aromatic N) is 1. The Morgan fingerprint density at radius 2 is 0.712 bits per heavy atom. The van der Waals surface area contributed by atoms with Crippen LogP contribution in [0.25, 0.3) is 0 Å². The first-order valence-corrected chi connectivity index (χ1v) is 26.6. The van der Waals surface area contributed by atoms with E-state index in [1.807, 2.05) is 0 Å². The average molecular weight is 836 g/mol. The van der Waals surface area contributed by atoms with Crippen molar-refractivity contribution in [2.45, 2.75) is 278 Å². The molecule has 0 amide bonds. The van der Waals surface area contributed by atoms with E-state index in [2.05, 4.69) is 32.6 Å². The molecule has 1 N–H and O–H groups in total. The highest BCUT2D eigenvalue weighted by atomic mass is 16.5. The summed E-state index contributed by atoms with van der Waals surface area (Å²) in [7, 11) is 0. The van der Waals surface area contributed by atoms with Crippen LogP contribution in [0.1, 0.15) is 278 Å². The summed E-state index contributed by atoms with van der Waals surface area (Å²) in [6.45, 7) is 12.3. The lowest BCUT2D eigenvalue weighted by Gasteiger charge is -2.21. The Morgan fingerprint density at radius 1 is 0.390 bits per heavy atom. The van der Waals surface area contributed by atoms with Gasteiger partial charge in [-0.2, -0.15) is 0 Å². The van der Waals surface area contributed by atoms with Crippen LogP contribution in [0.15, 0.2) is 0 Å². The lowest BCUT2D eigenvalue weighted by Crippen LogP contribution is -2.30. The van der Waals surface area contributed by atoms with E-state index in [0.717, 1.165) is 19.5 Å². The first-order chi connectivity index (χ1) is 29.0. The summed E-state index contributed by atoms with van der Waals surface area (Å²) in [6, 6.07) is 0. The molecule has 0 saturated carbocycles. The first-order valence-electron chi connectivity index (χ1n) is 26.6. The van der Waals surface area contributed by atoms with Crippen molar-refractivity contribution in [3.05, 3.63) is 0 Å². The third-order valence-corrected chi connectivity index (χ3v) is 12.8. The Hall–Kier alpha value is -1.14. The van der Waals surface area contributed by atoms with Crippen molar-refractivity contribution in [2.75, 3.05) is 39.5 Å². The summed E-state index contributed by atoms with van der Waals surface area (Å²) in [4.78, 5) is 27.7. The van der Waals surface area contributed by atoms with E-state index < -0.39 is 0 Å². The van der Waals surface area contributed by atoms with E-state index in [4.69, 9.17) is 9.47 Å². The van der Waals surface area contributed by atoms with Gasteiger partial charge in [-0.25, -0.2) is 0 Å². The lowest BCUT2D eigenvalue weighted by molar-refractivity contribution is -0.145. The third-order valence-electron chi connectivity index (χ3n) is 12.8. The van der Waals surface area contributed by atoms with Gasteiger partial charge in [-0.3, -0.25) is 9.59 Å². The quantitative estimate of drug-likeness (QED) is 0.0486. The van der Waals surface area contributed by atoms with Gasteiger partial charge in [-0.15, -0.1) is 0 Å². The molecule has 0 fully saturated rings. The van der Waals surface area contributed by atoms with Gasteiger partial charge in [-0.1, -0.05) is 233 Å². The Balaban J connectivity index is 4.52. The fraction of sp³-hybridized carbons (Fsp3) is 0.962. The van der Waals surface area contributed by atoms with Crippen LogP contribution in [-0.2, 0) is 19.1 Å². The average Bonchev–Trinajstić information content (AvgIpc) is 3.23. The van der Waals surface area contributed by atoms with Crippen molar-refractivity contribution in [3.63, 3.8) is 0 Å². The Bertz CT molecular complexity index is 852. The normalized spacial score (nSPS) is 12.6. The summed E-state index contributed by atoms with van der Waals surface area (Å²) < 4.78 is 11.6. The molecule has 0 heterocycles. The number of carbonyl (C=O) groups excluding carboxylic acids is 2. The highest BCUT2D eigenvalue weighted by molar-refractivity contribution is 5.69. The minimum atomic E-state index is -0.0993. The molecule has 0 rings (SSSR count). The second kappa shape index (κ2) is 47.9. The Morgan fingerprint density at radius 3 is 1.07 bits per heavy atom. The zero-order valence-corrected chi connectivity index (χ0v) is 40.5. The van der Waals surface area contributed by atoms with Gasteiger partial charge < -0.3 is 19.5 Å². The second-order valence-electron chi connectivity index (χ2n) is 18.5. The predicted octanol–water partition coefficient (Wildman–Crippen LogP) is 15.9. The van der Waals surface area contributed by atoms with E-state index >= 15 is 0 Å². The number of esters is 2. The van der Waals surface area contributed by atoms with Crippen LogP contribution in [0, 0.1) is 11.8 Å². The smallest absolute Gasteiger partial charge is 0.305 e. The molecule has 59 heavy (non-hydrogen) atoms. The molecule has 0 aromatic rings. The molecule has 2 atom stereocenters. The fourth-order valence-electron chi connectivity index (χ4n) is 8.72. The highest BCUT2D eigenvalue weighted by Gasteiger charge is 2.15. The summed E-state index contributed by atoms with van der Waals surface area (Å²) in [5, 5.41) is 9.70. The fourth-order valence-corrected chi connectivity index (χ4v) is 8.72. The second-order valence-corrected chi connectivity index (χ2v) is 18.5. The molecule has 0 aromatic heterocycles. The molecule has 0 saturated heterocycles. The van der Waals surface area contributed by atoms with Crippen LogP contribution in [0.2, 0.25) is 0 Å². The lowest BCUT2D eigenvalue weighted by atomic mass is 9.91. The molecule has 0 radical (unpaired) electrons. The largest absolute Gasteiger partial charge is 0.466 e. The minimum Gasteiger partial charge on any atom is -0.466 e. The molecule has 0 aliphatic rings. The van der Waals surface area contributed by atoms with Gasteiger partial charge >= 0.3 is 11.9 Å². The van der Waals surface area contributed by atoms with Crippen molar-refractivity contribution in [2.24, 2.45) is 11.8 Å². The molecule has 0 bridgehead atoms. The van der Waals surface area contributed by atoms with Crippen LogP contribution < -0.4 is 0 Å². The molecular formula is C53H105NO5. The van der Waals surface area contributed by atoms with E-state index in [0.29, 0.717) is 57.3 Å². The zero-order chi connectivity index (χ0) is 43.1. The number of unbranched alkanes of at least 4 members (excludes halogenated alkanes) is 26. The van der Waals surface area contributed by atoms with Crippen molar-refractivity contribution in [1.29, 1.82) is 0 Å². The van der Waals surface area contributed by atoms with Crippen molar-refractivity contribution < 1.29 is 24.2 Å². The number of rotatable bonds is 49. The van der Waals surface area contributed by atoms with E-state index in [-0.39, 0.29) is 18.5 Å². The third kappa shape index (κ3) is 43.3. The minimum absolute atomic E-state index is 0.0762. The molecule has 0 aromatic carbocycles. The first kappa shape index (κ1) is 57.9. The highest BCUT2D eigenvalue weighted by Crippen LogP contribution is 2.23. The van der Waals surface area contributed by atoms with Crippen LogP contribution in [0.5, 0.6) is 0 Å². The van der Waals surface area contributed by atoms with Crippen molar-refractivity contribution in [3.8, 4) is 0 Å². The number of hydrogen-bond donors (Lipinski definition) is 1. The molecule has 0 spiro atoms. The zero-order valence-electron chi connectivity index (χ0n) is 40.5. The van der Waals surface area contributed by atoms with Gasteiger partial charge in [0.1, 0.15) is 0 Å². The van der Waals surface area contributed by atoms with Crippen LogP contribution in [0.3, 0.4) is 0 Å². The van der Waals surface area contributed by atoms with Gasteiger partial charge in [0.05, 0.1) is 19.8 Å². The van der Waals surface area contributed by atoms with Crippen LogP contribution in [-0.4, -0.2) is 61.4 Å². The number of carbonyl (C=O) groups is 2. The molecule has 6 nitrogen and oxygen atoms in total. The summed E-state index contributed by atoms with van der Waals surface area (Å²) >= 11 is 0. The SMILES string of the molecule is CCCCCCCCCCCC(CCCCCCCCC)CCOC(=O)CCCN(CCO)CCCC(=O)OCC(CCCCCCCC)CCCCCCCCCC. The van der Waals surface area contributed by atoms with E-state index in [1.54, 1.807) is 0 Å². The summed E-state index contributed by atoms with van der Waals surface area (Å²) in [5.74, 6) is 0.949. The summed E-state index contributed by atoms with van der Waals surface area (Å²) in [6.07, 6.45) is 48.2. The maximum atomic E-state index is 12.8. The van der Waals surface area contributed by atoms with Gasteiger partial charge in [-0.05, 0) is 57.0 Å². The maximum Gasteiger partial charge on any atom is 0.305 e. The van der Waals surface area contributed by atoms with E-state index in [1.165, 1.54) is 218 Å².